The van der Waals surface area contributed by atoms with Crippen LogP contribution in [0.2, 0.25) is 0 Å². The minimum absolute atomic E-state index is 0.345. The summed E-state index contributed by atoms with van der Waals surface area (Å²) in [4.78, 5) is 8.68. The topological polar surface area (TPSA) is 56.3 Å². The van der Waals surface area contributed by atoms with Gasteiger partial charge in [0.25, 0.3) is 0 Å². The minimum Gasteiger partial charge on any atom is -0.439 e. The molecule has 0 aliphatic rings. The lowest BCUT2D eigenvalue weighted by Crippen LogP contribution is -2.03. The van der Waals surface area contributed by atoms with E-state index in [1.165, 1.54) is 0 Å². The average Bonchev–Trinajstić information content (AvgIpc) is 2.47. The third kappa shape index (κ3) is 3.92. The van der Waals surface area contributed by atoms with Crippen molar-refractivity contribution in [3.8, 4) is 11.6 Å². The molecule has 1 heterocycles. The van der Waals surface area contributed by atoms with Gasteiger partial charge in [-0.25, -0.2) is 4.98 Å². The van der Waals surface area contributed by atoms with Crippen LogP contribution >= 0.6 is 0 Å². The Morgan fingerprint density at radius 3 is 2.62 bits per heavy atom. The van der Waals surface area contributed by atoms with Gasteiger partial charge in [-0.1, -0.05) is 32.0 Å². The van der Waals surface area contributed by atoms with E-state index in [1.54, 1.807) is 13.2 Å². The summed E-state index contributed by atoms with van der Waals surface area (Å²) < 4.78 is 11.0. The molecule has 112 valence electrons. The highest BCUT2D eigenvalue weighted by Gasteiger charge is 2.10. The van der Waals surface area contributed by atoms with Crippen LogP contribution < -0.4 is 10.1 Å². The number of anilines is 1. The number of hydrogen-bond acceptors (Lipinski definition) is 5. The van der Waals surface area contributed by atoms with Crippen LogP contribution in [0.5, 0.6) is 11.6 Å². The molecule has 0 saturated carbocycles. The van der Waals surface area contributed by atoms with Crippen molar-refractivity contribution in [2.24, 2.45) is 0 Å². The summed E-state index contributed by atoms with van der Waals surface area (Å²) >= 11 is 0. The van der Waals surface area contributed by atoms with Crippen LogP contribution in [0.15, 0.2) is 30.3 Å². The lowest BCUT2D eigenvalue weighted by atomic mass is 10.0. The summed E-state index contributed by atoms with van der Waals surface area (Å²) in [6.45, 7) is 4.62. The van der Waals surface area contributed by atoms with E-state index < -0.39 is 0 Å². The molecule has 0 radical (unpaired) electrons. The van der Waals surface area contributed by atoms with Crippen molar-refractivity contribution in [1.29, 1.82) is 0 Å². The Morgan fingerprint density at radius 1 is 1.19 bits per heavy atom. The first-order valence-corrected chi connectivity index (χ1v) is 6.95. The highest BCUT2D eigenvalue weighted by Crippen LogP contribution is 2.30. The summed E-state index contributed by atoms with van der Waals surface area (Å²) in [6, 6.07) is 9.76. The summed E-state index contributed by atoms with van der Waals surface area (Å²) in [5.74, 6) is 2.99. The number of benzene rings is 1. The summed E-state index contributed by atoms with van der Waals surface area (Å²) in [6.07, 6.45) is 0. The van der Waals surface area contributed by atoms with Gasteiger partial charge in [-0.15, -0.1) is 0 Å². The zero-order valence-electron chi connectivity index (χ0n) is 12.9. The molecule has 0 fully saturated rings. The Bertz CT molecular complexity index is 600. The molecule has 5 heteroatoms. The first kappa shape index (κ1) is 15.3. The van der Waals surface area contributed by atoms with Gasteiger partial charge in [0.1, 0.15) is 18.2 Å². The lowest BCUT2D eigenvalue weighted by molar-refractivity contribution is 0.177. The van der Waals surface area contributed by atoms with E-state index in [0.717, 1.165) is 11.3 Å². The van der Waals surface area contributed by atoms with Crippen molar-refractivity contribution < 1.29 is 9.47 Å². The molecule has 0 unspecified atom stereocenters. The quantitative estimate of drug-likeness (QED) is 0.880. The number of hydrogen-bond donors (Lipinski definition) is 1. The van der Waals surface area contributed by atoms with Gasteiger partial charge < -0.3 is 14.8 Å². The van der Waals surface area contributed by atoms with Gasteiger partial charge in [0.15, 0.2) is 5.82 Å². The van der Waals surface area contributed by atoms with E-state index in [0.29, 0.717) is 30.0 Å². The third-order valence-corrected chi connectivity index (χ3v) is 3.03. The fourth-order valence-electron chi connectivity index (χ4n) is 2.01. The maximum atomic E-state index is 5.95. The van der Waals surface area contributed by atoms with Gasteiger partial charge in [0.2, 0.25) is 5.88 Å². The third-order valence-electron chi connectivity index (χ3n) is 3.03. The Morgan fingerprint density at radius 2 is 1.95 bits per heavy atom. The van der Waals surface area contributed by atoms with Gasteiger partial charge in [-0.3, -0.25) is 0 Å². The van der Waals surface area contributed by atoms with Gasteiger partial charge in [-0.2, -0.15) is 4.98 Å². The zero-order chi connectivity index (χ0) is 15.2. The number of ether oxygens (including phenoxy) is 2. The van der Waals surface area contributed by atoms with Crippen molar-refractivity contribution in [1.82, 2.24) is 9.97 Å². The molecule has 2 rings (SSSR count). The minimum atomic E-state index is 0.345. The fraction of sp³-hybridized carbons (Fsp3) is 0.375. The number of para-hydroxylation sites is 1. The van der Waals surface area contributed by atoms with E-state index in [-0.39, 0.29) is 0 Å². The number of nitrogens with zero attached hydrogens (tertiary/aromatic N) is 2. The lowest BCUT2D eigenvalue weighted by Gasteiger charge is -2.14. The van der Waals surface area contributed by atoms with E-state index in [1.807, 2.05) is 25.2 Å². The van der Waals surface area contributed by atoms with E-state index in [2.05, 4.69) is 35.2 Å². The highest BCUT2D eigenvalue weighted by molar-refractivity contribution is 5.42. The predicted molar refractivity (Wildman–Crippen MR) is 82.9 cm³/mol. The molecule has 0 aliphatic carbocycles. The van der Waals surface area contributed by atoms with Gasteiger partial charge in [0, 0.05) is 20.2 Å². The Balaban J connectivity index is 2.32. The summed E-state index contributed by atoms with van der Waals surface area (Å²) in [7, 11) is 3.43. The second-order valence-electron chi connectivity index (χ2n) is 4.99. The number of rotatable bonds is 6. The Labute approximate surface area is 125 Å². The largest absolute Gasteiger partial charge is 0.439 e. The summed E-state index contributed by atoms with van der Waals surface area (Å²) in [5.41, 5.74) is 1.15. The molecule has 2 aromatic rings. The summed E-state index contributed by atoms with van der Waals surface area (Å²) in [5, 5.41) is 3.00. The van der Waals surface area contributed by atoms with E-state index in [4.69, 9.17) is 9.47 Å². The predicted octanol–water partition coefficient (Wildman–Crippen LogP) is 3.58. The van der Waals surface area contributed by atoms with Gasteiger partial charge in [-0.05, 0) is 17.5 Å². The maximum absolute atomic E-state index is 5.95. The molecule has 0 aliphatic heterocycles. The standard InChI is InChI=1S/C16H21N3O2/c1-11(2)12-7-5-6-8-13(12)21-16-9-14(17-3)18-15(19-16)10-20-4/h5-9,11H,10H2,1-4H3,(H,17,18,19). The smallest absolute Gasteiger partial charge is 0.224 e. The fourth-order valence-corrected chi connectivity index (χ4v) is 2.01. The SMILES string of the molecule is CNc1cc(Oc2ccccc2C(C)C)nc(COC)n1. The Kier molecular flexibility index (Phi) is 5.11. The van der Waals surface area contributed by atoms with Crippen LogP contribution in [0.1, 0.15) is 31.2 Å². The highest BCUT2D eigenvalue weighted by atomic mass is 16.5. The van der Waals surface area contributed by atoms with Crippen LogP contribution in [-0.4, -0.2) is 24.1 Å². The first-order valence-electron chi connectivity index (χ1n) is 6.95. The molecule has 0 bridgehead atoms. The second-order valence-corrected chi connectivity index (χ2v) is 4.99. The van der Waals surface area contributed by atoms with Crippen molar-refractivity contribution in [2.45, 2.75) is 26.4 Å². The van der Waals surface area contributed by atoms with Crippen molar-refractivity contribution >= 4 is 5.82 Å². The normalized spacial score (nSPS) is 10.7. The molecule has 1 N–H and O–H groups in total. The number of aromatic nitrogens is 2. The molecular formula is C16H21N3O2. The van der Waals surface area contributed by atoms with Gasteiger partial charge in [0.05, 0.1) is 0 Å². The first-order chi connectivity index (χ1) is 10.1. The molecule has 1 aromatic carbocycles. The van der Waals surface area contributed by atoms with Crippen molar-refractivity contribution in [2.75, 3.05) is 19.5 Å². The Hall–Kier alpha value is -2.14. The monoisotopic (exact) mass is 287 g/mol. The molecule has 5 nitrogen and oxygen atoms in total. The van der Waals surface area contributed by atoms with Crippen LogP contribution in [-0.2, 0) is 11.3 Å². The molecule has 0 amide bonds. The maximum Gasteiger partial charge on any atom is 0.224 e. The molecular weight excluding hydrogens is 266 g/mol. The zero-order valence-corrected chi connectivity index (χ0v) is 12.9. The molecule has 0 atom stereocenters. The number of methoxy groups -OCH3 is 1. The van der Waals surface area contributed by atoms with E-state index in [9.17, 15) is 0 Å². The number of nitrogens with one attached hydrogen (secondary N) is 1. The average molecular weight is 287 g/mol. The van der Waals surface area contributed by atoms with E-state index >= 15 is 0 Å². The molecule has 0 saturated heterocycles. The molecule has 0 spiro atoms. The van der Waals surface area contributed by atoms with Crippen molar-refractivity contribution in [3.63, 3.8) is 0 Å². The molecule has 21 heavy (non-hydrogen) atoms. The van der Waals surface area contributed by atoms with Crippen LogP contribution in [0.3, 0.4) is 0 Å². The van der Waals surface area contributed by atoms with Crippen molar-refractivity contribution in [3.05, 3.63) is 41.7 Å². The second kappa shape index (κ2) is 7.04. The van der Waals surface area contributed by atoms with Crippen LogP contribution in [0.25, 0.3) is 0 Å². The van der Waals surface area contributed by atoms with Crippen LogP contribution in [0.4, 0.5) is 5.82 Å². The molecule has 1 aromatic heterocycles. The van der Waals surface area contributed by atoms with Crippen LogP contribution in [0, 0.1) is 0 Å². The van der Waals surface area contributed by atoms with Gasteiger partial charge >= 0.3 is 0 Å².